The van der Waals surface area contributed by atoms with E-state index >= 15 is 0 Å². The standard InChI is InChI=1S/C18H23N3O5/c1-5-26-16(23)13-11-14(15(22)19-18(2,3)17(24)25-4)21(20-13)12-9-7-6-8-10-12/h6-10,14H,5,11H2,1-4H3,(H,19,22). The maximum absolute atomic E-state index is 12.8. The number of nitrogens with one attached hydrogen (secondary N) is 1. The quantitative estimate of drug-likeness (QED) is 0.766. The Balaban J connectivity index is 2.26. The van der Waals surface area contributed by atoms with E-state index in [4.69, 9.17) is 9.47 Å². The summed E-state index contributed by atoms with van der Waals surface area (Å²) < 4.78 is 9.70. The molecule has 0 saturated heterocycles. The highest BCUT2D eigenvalue weighted by Crippen LogP contribution is 2.25. The van der Waals surface area contributed by atoms with Crippen LogP contribution in [-0.4, -0.2) is 48.9 Å². The van der Waals surface area contributed by atoms with Gasteiger partial charge in [0.15, 0.2) is 0 Å². The Bertz CT molecular complexity index is 715. The molecular formula is C18H23N3O5. The number of nitrogens with zero attached hydrogens (tertiary/aromatic N) is 2. The molecule has 0 fully saturated rings. The zero-order valence-corrected chi connectivity index (χ0v) is 15.3. The van der Waals surface area contributed by atoms with Gasteiger partial charge in [0.2, 0.25) is 5.91 Å². The molecule has 1 aliphatic rings. The largest absolute Gasteiger partial charge is 0.467 e. The average molecular weight is 361 g/mol. The van der Waals surface area contributed by atoms with Gasteiger partial charge in [0.05, 0.1) is 19.4 Å². The van der Waals surface area contributed by atoms with Crippen molar-refractivity contribution in [1.29, 1.82) is 0 Å². The van der Waals surface area contributed by atoms with Crippen molar-refractivity contribution in [2.45, 2.75) is 38.8 Å². The molecule has 1 aromatic rings. The van der Waals surface area contributed by atoms with Crippen molar-refractivity contribution in [3.8, 4) is 0 Å². The first-order chi connectivity index (χ1) is 12.3. The first-order valence-corrected chi connectivity index (χ1v) is 8.29. The monoisotopic (exact) mass is 361 g/mol. The van der Waals surface area contributed by atoms with Gasteiger partial charge in [-0.2, -0.15) is 5.10 Å². The molecule has 0 radical (unpaired) electrons. The van der Waals surface area contributed by atoms with Gasteiger partial charge in [0, 0.05) is 6.42 Å². The van der Waals surface area contributed by atoms with Crippen LogP contribution < -0.4 is 10.3 Å². The lowest BCUT2D eigenvalue weighted by atomic mass is 10.0. The topological polar surface area (TPSA) is 97.3 Å². The van der Waals surface area contributed by atoms with Gasteiger partial charge in [0.1, 0.15) is 17.3 Å². The number of hydrogen-bond donors (Lipinski definition) is 1. The summed E-state index contributed by atoms with van der Waals surface area (Å²) >= 11 is 0. The summed E-state index contributed by atoms with van der Waals surface area (Å²) in [5.74, 6) is -1.56. The van der Waals surface area contributed by atoms with Crippen LogP contribution in [-0.2, 0) is 23.9 Å². The van der Waals surface area contributed by atoms with Gasteiger partial charge in [-0.1, -0.05) is 18.2 Å². The van der Waals surface area contributed by atoms with Crippen LogP contribution in [0.4, 0.5) is 5.69 Å². The first kappa shape index (κ1) is 19.4. The first-order valence-electron chi connectivity index (χ1n) is 8.29. The molecule has 26 heavy (non-hydrogen) atoms. The molecule has 0 saturated carbocycles. The predicted molar refractivity (Wildman–Crippen MR) is 95.6 cm³/mol. The summed E-state index contributed by atoms with van der Waals surface area (Å²) in [5.41, 5.74) is -0.393. The van der Waals surface area contributed by atoms with E-state index in [0.29, 0.717) is 5.69 Å². The number of esters is 2. The maximum atomic E-state index is 12.8. The maximum Gasteiger partial charge on any atom is 0.354 e. The van der Waals surface area contributed by atoms with Crippen LogP contribution in [0.3, 0.4) is 0 Å². The number of ether oxygens (including phenoxy) is 2. The fourth-order valence-corrected chi connectivity index (χ4v) is 2.57. The second-order valence-corrected chi connectivity index (χ2v) is 6.27. The molecule has 1 aromatic carbocycles. The predicted octanol–water partition coefficient (Wildman–Crippen LogP) is 1.25. The Labute approximate surface area is 152 Å². The van der Waals surface area contributed by atoms with Crippen molar-refractivity contribution in [1.82, 2.24) is 5.32 Å². The van der Waals surface area contributed by atoms with Crippen LogP contribution in [0.1, 0.15) is 27.2 Å². The third-order valence-electron chi connectivity index (χ3n) is 3.88. The second-order valence-electron chi connectivity index (χ2n) is 6.27. The van der Waals surface area contributed by atoms with Crippen LogP contribution in [0.2, 0.25) is 0 Å². The second kappa shape index (κ2) is 7.99. The van der Waals surface area contributed by atoms with Crippen molar-refractivity contribution in [3.63, 3.8) is 0 Å². The highest BCUT2D eigenvalue weighted by molar-refractivity contribution is 6.38. The minimum absolute atomic E-state index is 0.0802. The smallest absolute Gasteiger partial charge is 0.354 e. The molecule has 2 rings (SSSR count). The highest BCUT2D eigenvalue weighted by Gasteiger charge is 2.40. The summed E-state index contributed by atoms with van der Waals surface area (Å²) in [6.07, 6.45) is 0.0802. The number of carbonyl (C=O) groups excluding carboxylic acids is 3. The summed E-state index contributed by atoms with van der Waals surface area (Å²) in [5, 5.41) is 8.40. The van der Waals surface area contributed by atoms with Gasteiger partial charge >= 0.3 is 11.9 Å². The fourth-order valence-electron chi connectivity index (χ4n) is 2.57. The highest BCUT2D eigenvalue weighted by atomic mass is 16.5. The normalized spacial score (nSPS) is 16.7. The lowest BCUT2D eigenvalue weighted by Gasteiger charge is -2.28. The van der Waals surface area contributed by atoms with Crippen LogP contribution in [0, 0.1) is 0 Å². The number of rotatable bonds is 6. The van der Waals surface area contributed by atoms with Gasteiger partial charge in [-0.15, -0.1) is 0 Å². The lowest BCUT2D eigenvalue weighted by Crippen LogP contribution is -2.55. The van der Waals surface area contributed by atoms with Gasteiger partial charge in [-0.3, -0.25) is 9.80 Å². The molecule has 140 valence electrons. The minimum atomic E-state index is -1.21. The minimum Gasteiger partial charge on any atom is -0.467 e. The van der Waals surface area contributed by atoms with Crippen LogP contribution in [0.5, 0.6) is 0 Å². The van der Waals surface area contributed by atoms with Crippen LogP contribution in [0.15, 0.2) is 35.4 Å². The molecule has 1 N–H and O–H groups in total. The van der Waals surface area contributed by atoms with Crippen molar-refractivity contribution in [2.24, 2.45) is 5.10 Å². The number of amides is 1. The van der Waals surface area contributed by atoms with E-state index in [0.717, 1.165) is 0 Å². The molecule has 8 heteroatoms. The van der Waals surface area contributed by atoms with Crippen molar-refractivity contribution in [2.75, 3.05) is 18.7 Å². The summed E-state index contributed by atoms with van der Waals surface area (Å²) in [4.78, 5) is 36.7. The molecule has 0 aromatic heterocycles. The zero-order chi connectivity index (χ0) is 19.3. The molecule has 1 amide bonds. The van der Waals surface area contributed by atoms with Crippen molar-refractivity contribution in [3.05, 3.63) is 30.3 Å². The van der Waals surface area contributed by atoms with E-state index in [9.17, 15) is 14.4 Å². The van der Waals surface area contributed by atoms with E-state index < -0.39 is 29.4 Å². The third-order valence-corrected chi connectivity index (χ3v) is 3.88. The van der Waals surface area contributed by atoms with E-state index in [1.54, 1.807) is 45.0 Å². The van der Waals surface area contributed by atoms with Crippen molar-refractivity contribution < 1.29 is 23.9 Å². The molecule has 1 heterocycles. The number of hydrazone groups is 1. The van der Waals surface area contributed by atoms with E-state index in [1.165, 1.54) is 12.1 Å². The summed E-state index contributed by atoms with van der Waals surface area (Å²) in [7, 11) is 1.25. The number of benzene rings is 1. The Morgan fingerprint density at radius 2 is 1.92 bits per heavy atom. The Morgan fingerprint density at radius 3 is 2.50 bits per heavy atom. The van der Waals surface area contributed by atoms with E-state index in [1.807, 2.05) is 6.07 Å². The molecule has 0 spiro atoms. The van der Waals surface area contributed by atoms with Crippen LogP contribution >= 0.6 is 0 Å². The molecule has 8 nitrogen and oxygen atoms in total. The molecule has 1 aliphatic heterocycles. The number of methoxy groups -OCH3 is 1. The Kier molecular flexibility index (Phi) is 5.97. The average Bonchev–Trinajstić information content (AvgIpc) is 3.07. The molecule has 1 atom stereocenters. The Hall–Kier alpha value is -2.90. The number of hydrogen-bond acceptors (Lipinski definition) is 7. The molecule has 1 unspecified atom stereocenters. The van der Waals surface area contributed by atoms with Crippen molar-refractivity contribution >= 4 is 29.2 Å². The van der Waals surface area contributed by atoms with E-state index in [2.05, 4.69) is 10.4 Å². The van der Waals surface area contributed by atoms with E-state index in [-0.39, 0.29) is 18.7 Å². The third kappa shape index (κ3) is 4.19. The number of carbonyl (C=O) groups is 3. The summed E-state index contributed by atoms with van der Waals surface area (Å²) in [6.45, 7) is 5.01. The molecular weight excluding hydrogens is 338 g/mol. The molecule has 0 bridgehead atoms. The van der Waals surface area contributed by atoms with Gasteiger partial charge in [-0.25, -0.2) is 9.59 Å². The number of para-hydroxylation sites is 1. The van der Waals surface area contributed by atoms with Gasteiger partial charge < -0.3 is 14.8 Å². The fraction of sp³-hybridized carbons (Fsp3) is 0.444. The summed E-state index contributed by atoms with van der Waals surface area (Å²) in [6, 6.07) is 8.24. The lowest BCUT2D eigenvalue weighted by molar-refractivity contribution is -0.149. The van der Waals surface area contributed by atoms with Crippen LogP contribution in [0.25, 0.3) is 0 Å². The Morgan fingerprint density at radius 1 is 1.27 bits per heavy atom. The zero-order valence-electron chi connectivity index (χ0n) is 15.3. The number of anilines is 1. The van der Waals surface area contributed by atoms with Gasteiger partial charge in [0.25, 0.3) is 0 Å². The SMILES string of the molecule is CCOC(=O)C1=NN(c2ccccc2)C(C(=O)NC(C)(C)C(=O)OC)C1. The molecule has 0 aliphatic carbocycles. The van der Waals surface area contributed by atoms with Gasteiger partial charge in [-0.05, 0) is 32.9 Å².